The zero-order valence-corrected chi connectivity index (χ0v) is 6.09. The van der Waals surface area contributed by atoms with Gasteiger partial charge in [-0.1, -0.05) is 0 Å². The van der Waals surface area contributed by atoms with Gasteiger partial charge < -0.3 is 4.74 Å². The van der Waals surface area contributed by atoms with Crippen LogP contribution in [0.1, 0.15) is 0 Å². The third-order valence-electron chi connectivity index (χ3n) is 1.10. The lowest BCUT2D eigenvalue weighted by molar-refractivity contribution is 0.145. The highest BCUT2D eigenvalue weighted by Crippen LogP contribution is 1.89. The van der Waals surface area contributed by atoms with Crippen LogP contribution in [0.5, 0.6) is 0 Å². The average molecular weight is 128 g/mol. The molecule has 0 aliphatic carbocycles. The van der Waals surface area contributed by atoms with Gasteiger partial charge in [0.1, 0.15) is 6.04 Å². The highest BCUT2D eigenvalue weighted by Gasteiger charge is 2.07. The van der Waals surface area contributed by atoms with E-state index < -0.39 is 0 Å². The molecule has 0 aliphatic heterocycles. The fraction of sp³-hybridized carbons (Fsp3) is 0.833. The van der Waals surface area contributed by atoms with E-state index in [1.807, 2.05) is 19.0 Å². The standard InChI is InChI=1S/C6H12N2O/c1-8(2)6(4-7)5-9-3/h6H,5H2,1-3H3. The minimum Gasteiger partial charge on any atom is -0.382 e. The lowest BCUT2D eigenvalue weighted by Crippen LogP contribution is -2.30. The number of rotatable bonds is 3. The topological polar surface area (TPSA) is 36.3 Å². The van der Waals surface area contributed by atoms with Crippen LogP contribution < -0.4 is 0 Å². The molecule has 1 atom stereocenters. The molecule has 3 heteroatoms. The number of nitriles is 1. The van der Waals surface area contributed by atoms with E-state index in [1.54, 1.807) is 7.11 Å². The van der Waals surface area contributed by atoms with Crippen molar-refractivity contribution >= 4 is 0 Å². The molecule has 0 fully saturated rings. The molecule has 0 aromatic carbocycles. The van der Waals surface area contributed by atoms with Crippen LogP contribution in [-0.2, 0) is 4.74 Å². The first-order valence-electron chi connectivity index (χ1n) is 2.77. The van der Waals surface area contributed by atoms with Gasteiger partial charge in [-0.2, -0.15) is 5.26 Å². The van der Waals surface area contributed by atoms with Crippen LogP contribution in [0.15, 0.2) is 0 Å². The van der Waals surface area contributed by atoms with Crippen molar-refractivity contribution in [2.45, 2.75) is 6.04 Å². The second-order valence-electron chi connectivity index (χ2n) is 2.06. The second kappa shape index (κ2) is 4.30. The number of hydrogen-bond acceptors (Lipinski definition) is 3. The van der Waals surface area contributed by atoms with E-state index in [4.69, 9.17) is 10.00 Å². The normalized spacial score (nSPS) is 13.2. The zero-order chi connectivity index (χ0) is 7.28. The number of likely N-dealkylation sites (N-methyl/N-ethyl adjacent to an activating group) is 1. The quantitative estimate of drug-likeness (QED) is 0.540. The van der Waals surface area contributed by atoms with Gasteiger partial charge >= 0.3 is 0 Å². The first-order chi connectivity index (χ1) is 4.22. The van der Waals surface area contributed by atoms with Crippen LogP contribution in [0.2, 0.25) is 0 Å². The molecule has 1 unspecified atom stereocenters. The first-order valence-corrected chi connectivity index (χ1v) is 2.77. The molecule has 9 heavy (non-hydrogen) atoms. The van der Waals surface area contributed by atoms with E-state index >= 15 is 0 Å². The van der Waals surface area contributed by atoms with Gasteiger partial charge in [-0.3, -0.25) is 4.90 Å². The SMILES string of the molecule is COCC(C#N)N(C)C. The molecular weight excluding hydrogens is 116 g/mol. The Labute approximate surface area is 55.8 Å². The molecule has 0 heterocycles. The molecule has 52 valence electrons. The van der Waals surface area contributed by atoms with E-state index in [0.717, 1.165) is 0 Å². The number of nitrogens with zero attached hydrogens (tertiary/aromatic N) is 2. The molecule has 0 aromatic heterocycles. The Balaban J connectivity index is 3.58. The first kappa shape index (κ1) is 8.41. The summed E-state index contributed by atoms with van der Waals surface area (Å²) in [7, 11) is 5.30. The molecule has 3 nitrogen and oxygen atoms in total. The lowest BCUT2D eigenvalue weighted by Gasteiger charge is -2.14. The molecule has 0 radical (unpaired) electrons. The maximum atomic E-state index is 8.46. The van der Waals surface area contributed by atoms with Crippen LogP contribution in [-0.4, -0.2) is 38.8 Å². The van der Waals surface area contributed by atoms with Crippen LogP contribution in [0, 0.1) is 11.3 Å². The summed E-state index contributed by atoms with van der Waals surface area (Å²) in [5.41, 5.74) is 0. The maximum Gasteiger partial charge on any atom is 0.121 e. The third-order valence-corrected chi connectivity index (χ3v) is 1.10. The number of hydrogen-bond donors (Lipinski definition) is 0. The Bertz CT molecular complexity index is 106. The Morgan fingerprint density at radius 2 is 2.22 bits per heavy atom. The van der Waals surface area contributed by atoms with Crippen molar-refractivity contribution in [1.29, 1.82) is 5.26 Å². The molecule has 0 aliphatic rings. The molecule has 0 bridgehead atoms. The summed E-state index contributed by atoms with van der Waals surface area (Å²) in [5, 5.41) is 8.46. The molecule has 0 amide bonds. The summed E-state index contributed by atoms with van der Waals surface area (Å²) in [6.45, 7) is 0.476. The Morgan fingerprint density at radius 3 is 2.33 bits per heavy atom. The molecule has 0 spiro atoms. The summed E-state index contributed by atoms with van der Waals surface area (Å²) < 4.78 is 4.79. The molecule has 0 saturated heterocycles. The molecule has 0 N–H and O–H groups in total. The summed E-state index contributed by atoms with van der Waals surface area (Å²) >= 11 is 0. The summed E-state index contributed by atoms with van der Waals surface area (Å²) in [4.78, 5) is 1.82. The summed E-state index contributed by atoms with van der Waals surface area (Å²) in [5.74, 6) is 0. The monoisotopic (exact) mass is 128 g/mol. The van der Waals surface area contributed by atoms with Crippen molar-refractivity contribution in [3.05, 3.63) is 0 Å². The molecular formula is C6H12N2O. The van der Waals surface area contributed by atoms with E-state index in [0.29, 0.717) is 6.61 Å². The van der Waals surface area contributed by atoms with Crippen molar-refractivity contribution in [2.24, 2.45) is 0 Å². The second-order valence-corrected chi connectivity index (χ2v) is 2.06. The van der Waals surface area contributed by atoms with Crippen molar-refractivity contribution in [3.63, 3.8) is 0 Å². The van der Waals surface area contributed by atoms with E-state index in [-0.39, 0.29) is 6.04 Å². The van der Waals surface area contributed by atoms with Gasteiger partial charge in [0.25, 0.3) is 0 Å². The van der Waals surface area contributed by atoms with E-state index in [1.165, 1.54) is 0 Å². The van der Waals surface area contributed by atoms with Gasteiger partial charge in [0, 0.05) is 7.11 Å². The largest absolute Gasteiger partial charge is 0.382 e. The fourth-order valence-corrected chi connectivity index (χ4v) is 0.460. The van der Waals surface area contributed by atoms with Crippen LogP contribution in [0.4, 0.5) is 0 Å². The van der Waals surface area contributed by atoms with Crippen molar-refractivity contribution in [2.75, 3.05) is 27.8 Å². The van der Waals surface area contributed by atoms with Gasteiger partial charge in [0.2, 0.25) is 0 Å². The van der Waals surface area contributed by atoms with Gasteiger partial charge in [0.05, 0.1) is 12.7 Å². The third kappa shape index (κ3) is 3.07. The zero-order valence-electron chi connectivity index (χ0n) is 6.09. The highest BCUT2D eigenvalue weighted by molar-refractivity contribution is 4.88. The minimum atomic E-state index is -0.116. The van der Waals surface area contributed by atoms with Crippen molar-refractivity contribution in [3.8, 4) is 6.07 Å². The lowest BCUT2D eigenvalue weighted by atomic mass is 10.3. The molecule has 0 saturated carbocycles. The fourth-order valence-electron chi connectivity index (χ4n) is 0.460. The van der Waals surface area contributed by atoms with E-state index in [2.05, 4.69) is 6.07 Å². The molecule has 0 aromatic rings. The Morgan fingerprint density at radius 1 is 1.67 bits per heavy atom. The predicted molar refractivity (Wildman–Crippen MR) is 35.0 cm³/mol. The summed E-state index contributed by atoms with van der Waals surface area (Å²) in [6.07, 6.45) is 0. The Kier molecular flexibility index (Phi) is 4.02. The van der Waals surface area contributed by atoms with Crippen LogP contribution >= 0.6 is 0 Å². The van der Waals surface area contributed by atoms with Gasteiger partial charge in [-0.05, 0) is 14.1 Å². The van der Waals surface area contributed by atoms with Crippen LogP contribution in [0.3, 0.4) is 0 Å². The maximum absolute atomic E-state index is 8.46. The number of ether oxygens (including phenoxy) is 1. The minimum absolute atomic E-state index is 0.116. The highest BCUT2D eigenvalue weighted by atomic mass is 16.5. The smallest absolute Gasteiger partial charge is 0.121 e. The predicted octanol–water partition coefficient (Wildman–Crippen LogP) is 0.0866. The molecule has 0 rings (SSSR count). The average Bonchev–Trinajstić information content (AvgIpc) is 1.82. The van der Waals surface area contributed by atoms with E-state index in [9.17, 15) is 0 Å². The van der Waals surface area contributed by atoms with Gasteiger partial charge in [-0.25, -0.2) is 0 Å². The number of methoxy groups -OCH3 is 1. The van der Waals surface area contributed by atoms with Gasteiger partial charge in [-0.15, -0.1) is 0 Å². The summed E-state index contributed by atoms with van der Waals surface area (Å²) in [6, 6.07) is 1.99. The van der Waals surface area contributed by atoms with Crippen molar-refractivity contribution in [1.82, 2.24) is 4.90 Å². The van der Waals surface area contributed by atoms with Gasteiger partial charge in [0.15, 0.2) is 0 Å². The van der Waals surface area contributed by atoms with Crippen LogP contribution in [0.25, 0.3) is 0 Å². The van der Waals surface area contributed by atoms with Crippen molar-refractivity contribution < 1.29 is 4.74 Å². The Hall–Kier alpha value is -0.590.